The third-order valence-corrected chi connectivity index (χ3v) is 6.74. The van der Waals surface area contributed by atoms with Gasteiger partial charge in [-0.25, -0.2) is 4.99 Å². The molecule has 0 radical (unpaired) electrons. The molecular formula is C28H30N4O2. The van der Waals surface area contributed by atoms with Crippen LogP contribution in [0.4, 0.5) is 11.4 Å². The molecule has 1 aliphatic carbocycles. The van der Waals surface area contributed by atoms with Crippen LogP contribution in [0.25, 0.3) is 0 Å². The molecule has 2 aliphatic rings. The quantitative estimate of drug-likeness (QED) is 0.525. The second kappa shape index (κ2) is 9.59. The molecule has 0 atom stereocenters. The molecule has 1 fully saturated rings. The fourth-order valence-corrected chi connectivity index (χ4v) is 4.77. The minimum absolute atomic E-state index is 0.0757. The van der Waals surface area contributed by atoms with Gasteiger partial charge in [-0.1, -0.05) is 37.5 Å². The van der Waals surface area contributed by atoms with Crippen molar-refractivity contribution in [2.75, 3.05) is 11.9 Å². The molecule has 174 valence electrons. The van der Waals surface area contributed by atoms with Crippen LogP contribution < -0.4 is 15.4 Å². The Kier molecular flexibility index (Phi) is 6.21. The molecule has 0 spiro atoms. The Morgan fingerprint density at radius 2 is 1.71 bits per heavy atom. The van der Waals surface area contributed by atoms with E-state index < -0.39 is 0 Å². The first-order valence-corrected chi connectivity index (χ1v) is 11.9. The normalized spacial score (nSPS) is 15.9. The van der Waals surface area contributed by atoms with E-state index in [1.165, 1.54) is 19.3 Å². The number of nitrogens with two attached hydrogens (primary N) is 1. The van der Waals surface area contributed by atoms with Crippen LogP contribution in [-0.4, -0.2) is 29.9 Å². The summed E-state index contributed by atoms with van der Waals surface area (Å²) in [5, 5.41) is 0. The lowest BCUT2D eigenvalue weighted by atomic mass is 9.94. The van der Waals surface area contributed by atoms with Crippen LogP contribution in [0.15, 0.2) is 77.8 Å². The molecule has 0 bridgehead atoms. The van der Waals surface area contributed by atoms with Gasteiger partial charge in [-0.05, 0) is 67.4 Å². The molecule has 1 heterocycles. The molecule has 1 amide bonds. The molecule has 0 aromatic heterocycles. The second-order valence-electron chi connectivity index (χ2n) is 9.02. The van der Waals surface area contributed by atoms with Crippen LogP contribution in [0.3, 0.4) is 0 Å². The Labute approximate surface area is 200 Å². The van der Waals surface area contributed by atoms with Crippen molar-refractivity contribution in [3.8, 4) is 11.5 Å². The largest absolute Gasteiger partial charge is 0.457 e. The summed E-state index contributed by atoms with van der Waals surface area (Å²) in [4.78, 5) is 21.4. The van der Waals surface area contributed by atoms with Crippen molar-refractivity contribution in [3.05, 3.63) is 83.9 Å². The van der Waals surface area contributed by atoms with E-state index in [1.807, 2.05) is 89.6 Å². The summed E-state index contributed by atoms with van der Waals surface area (Å²) in [5.74, 6) is 2.05. The molecule has 34 heavy (non-hydrogen) atoms. The van der Waals surface area contributed by atoms with E-state index >= 15 is 0 Å². The molecule has 0 saturated heterocycles. The van der Waals surface area contributed by atoms with Crippen molar-refractivity contribution in [3.63, 3.8) is 0 Å². The van der Waals surface area contributed by atoms with Crippen molar-refractivity contribution in [1.29, 1.82) is 0 Å². The zero-order valence-electron chi connectivity index (χ0n) is 19.5. The van der Waals surface area contributed by atoms with Crippen LogP contribution in [0.2, 0.25) is 0 Å². The summed E-state index contributed by atoms with van der Waals surface area (Å²) >= 11 is 0. The average Bonchev–Trinajstić information content (AvgIpc) is 2.89. The molecule has 1 aliphatic heterocycles. The summed E-state index contributed by atoms with van der Waals surface area (Å²) in [6.45, 7) is 0.575. The van der Waals surface area contributed by atoms with Crippen LogP contribution in [-0.2, 0) is 6.54 Å². The van der Waals surface area contributed by atoms with E-state index in [4.69, 9.17) is 10.5 Å². The van der Waals surface area contributed by atoms with Crippen LogP contribution in [0.5, 0.6) is 11.5 Å². The van der Waals surface area contributed by atoms with Crippen molar-refractivity contribution >= 4 is 23.2 Å². The van der Waals surface area contributed by atoms with Gasteiger partial charge in [0, 0.05) is 29.9 Å². The molecule has 3 aromatic rings. The van der Waals surface area contributed by atoms with Gasteiger partial charge in [0.15, 0.2) is 0 Å². The highest BCUT2D eigenvalue weighted by molar-refractivity contribution is 5.99. The molecule has 0 unspecified atom stereocenters. The van der Waals surface area contributed by atoms with E-state index in [0.717, 1.165) is 41.3 Å². The van der Waals surface area contributed by atoms with Crippen molar-refractivity contribution in [1.82, 2.24) is 4.90 Å². The smallest absolute Gasteiger partial charge is 0.253 e. The highest BCUT2D eigenvalue weighted by Gasteiger charge is 2.24. The number of aliphatic imine (C=N–C) groups is 1. The molecule has 1 saturated carbocycles. The number of nitrogens with zero attached hydrogens (tertiary/aromatic N) is 3. The lowest BCUT2D eigenvalue weighted by Gasteiger charge is -2.31. The summed E-state index contributed by atoms with van der Waals surface area (Å²) in [6, 6.07) is 23.5. The number of carbonyl (C=O) groups excluding carboxylic acids is 1. The van der Waals surface area contributed by atoms with Gasteiger partial charge in [-0.2, -0.15) is 0 Å². The lowest BCUT2D eigenvalue weighted by Crippen LogP contribution is -2.39. The van der Waals surface area contributed by atoms with Crippen molar-refractivity contribution in [2.24, 2.45) is 10.7 Å². The SMILES string of the molecule is CN(C(=O)c1ccc(N2Cc3cc(Oc4ccccc4)ccc3N=C2N)cc1)C1CCCCC1. The molecule has 6 nitrogen and oxygen atoms in total. The minimum Gasteiger partial charge on any atom is -0.457 e. The lowest BCUT2D eigenvalue weighted by molar-refractivity contribution is 0.0696. The number of anilines is 1. The number of guanidine groups is 1. The monoisotopic (exact) mass is 454 g/mol. The van der Waals surface area contributed by atoms with Gasteiger partial charge >= 0.3 is 0 Å². The number of ether oxygens (including phenoxy) is 1. The summed E-state index contributed by atoms with van der Waals surface area (Å²) in [5.41, 5.74) is 9.77. The van der Waals surface area contributed by atoms with E-state index in [0.29, 0.717) is 24.1 Å². The zero-order chi connectivity index (χ0) is 23.5. The van der Waals surface area contributed by atoms with Crippen molar-refractivity contribution < 1.29 is 9.53 Å². The van der Waals surface area contributed by atoms with Crippen LogP contribution >= 0.6 is 0 Å². The van der Waals surface area contributed by atoms with Gasteiger partial charge in [0.25, 0.3) is 5.91 Å². The summed E-state index contributed by atoms with van der Waals surface area (Å²) < 4.78 is 5.99. The fraction of sp³-hybridized carbons (Fsp3) is 0.286. The maximum Gasteiger partial charge on any atom is 0.253 e. The van der Waals surface area contributed by atoms with Gasteiger partial charge in [0.05, 0.1) is 12.2 Å². The van der Waals surface area contributed by atoms with Crippen LogP contribution in [0.1, 0.15) is 48.0 Å². The number of rotatable bonds is 5. The number of hydrogen-bond donors (Lipinski definition) is 1. The number of benzene rings is 3. The average molecular weight is 455 g/mol. The first-order valence-electron chi connectivity index (χ1n) is 11.9. The van der Waals surface area contributed by atoms with E-state index in [-0.39, 0.29) is 5.91 Å². The van der Waals surface area contributed by atoms with E-state index in [1.54, 1.807) is 0 Å². The maximum atomic E-state index is 13.0. The molecule has 5 rings (SSSR count). The Morgan fingerprint density at radius 3 is 2.44 bits per heavy atom. The van der Waals surface area contributed by atoms with Gasteiger partial charge in [-0.15, -0.1) is 0 Å². The Morgan fingerprint density at radius 1 is 0.971 bits per heavy atom. The van der Waals surface area contributed by atoms with E-state index in [9.17, 15) is 4.79 Å². The second-order valence-corrected chi connectivity index (χ2v) is 9.02. The van der Waals surface area contributed by atoms with Crippen LogP contribution in [0, 0.1) is 0 Å². The first kappa shape index (κ1) is 22.0. The van der Waals surface area contributed by atoms with Gasteiger partial charge < -0.3 is 20.3 Å². The number of para-hydroxylation sites is 1. The van der Waals surface area contributed by atoms with E-state index in [2.05, 4.69) is 4.99 Å². The van der Waals surface area contributed by atoms with Gasteiger partial charge in [-0.3, -0.25) is 4.79 Å². The number of hydrogen-bond acceptors (Lipinski definition) is 5. The Bertz CT molecular complexity index is 1180. The first-order chi connectivity index (χ1) is 16.6. The molecule has 3 aromatic carbocycles. The summed E-state index contributed by atoms with van der Waals surface area (Å²) in [6.07, 6.45) is 5.87. The standard InChI is InChI=1S/C28H30N4O2/c1-31(22-8-4-2-5-9-22)27(33)20-12-14-23(15-13-20)32-19-21-18-25(16-17-26(21)30-28(32)29)34-24-10-6-3-7-11-24/h3,6-7,10-18,22H,2,4-5,8-9,19H2,1H3,(H2,29,30). The predicted octanol–water partition coefficient (Wildman–Crippen LogP) is 5.85. The number of amides is 1. The fourth-order valence-electron chi connectivity index (χ4n) is 4.77. The van der Waals surface area contributed by atoms with Gasteiger partial charge in [0.1, 0.15) is 11.5 Å². The highest BCUT2D eigenvalue weighted by atomic mass is 16.5. The Hall–Kier alpha value is -3.80. The summed E-state index contributed by atoms with van der Waals surface area (Å²) in [7, 11) is 1.92. The molecular weight excluding hydrogens is 424 g/mol. The third-order valence-electron chi connectivity index (χ3n) is 6.74. The molecule has 2 N–H and O–H groups in total. The predicted molar refractivity (Wildman–Crippen MR) is 136 cm³/mol. The third kappa shape index (κ3) is 4.62. The number of fused-ring (bicyclic) bond motifs is 1. The topological polar surface area (TPSA) is 71.2 Å². The number of carbonyl (C=O) groups is 1. The maximum absolute atomic E-state index is 13.0. The zero-order valence-corrected chi connectivity index (χ0v) is 19.5. The minimum atomic E-state index is 0.0757. The molecule has 6 heteroatoms. The highest BCUT2D eigenvalue weighted by Crippen LogP contribution is 2.33. The van der Waals surface area contributed by atoms with Crippen molar-refractivity contribution in [2.45, 2.75) is 44.7 Å². The Balaban J connectivity index is 1.31. The van der Waals surface area contributed by atoms with Gasteiger partial charge in [0.2, 0.25) is 5.96 Å².